The van der Waals surface area contributed by atoms with E-state index in [2.05, 4.69) is 5.32 Å². The molecule has 0 aromatic rings. The fourth-order valence-electron chi connectivity index (χ4n) is 1.65. The molecule has 9 heteroatoms. The summed E-state index contributed by atoms with van der Waals surface area (Å²) in [7, 11) is 0. The molecule has 0 bridgehead atoms. The lowest BCUT2D eigenvalue weighted by molar-refractivity contribution is -0.147. The number of aliphatic carboxylic acids is 1. The molecule has 9 nitrogen and oxygen atoms in total. The van der Waals surface area contributed by atoms with Crippen LogP contribution in [-0.4, -0.2) is 95.9 Å². The Bertz CT molecular complexity index is 301. The molecule has 0 saturated carbocycles. The first-order valence-corrected chi connectivity index (χ1v) is 6.71. The zero-order chi connectivity index (χ0) is 16.1. The number of esters is 1. The van der Waals surface area contributed by atoms with Crippen LogP contribution in [0.1, 0.15) is 6.42 Å². The van der Waals surface area contributed by atoms with Gasteiger partial charge in [0, 0.05) is 26.2 Å². The van der Waals surface area contributed by atoms with E-state index in [1.54, 1.807) is 0 Å². The van der Waals surface area contributed by atoms with Crippen molar-refractivity contribution in [1.82, 2.24) is 10.2 Å². The predicted molar refractivity (Wildman–Crippen MR) is 72.7 cm³/mol. The zero-order valence-electron chi connectivity index (χ0n) is 11.9. The lowest BCUT2D eigenvalue weighted by atomic mass is 10.2. The molecule has 0 aliphatic rings. The van der Waals surface area contributed by atoms with Crippen LogP contribution in [0.3, 0.4) is 0 Å². The highest BCUT2D eigenvalue weighted by Crippen LogP contribution is 1.96. The molecule has 0 rings (SSSR count). The molecule has 21 heavy (non-hydrogen) atoms. The number of ether oxygens (including phenoxy) is 1. The number of carbonyl (C=O) groups excluding carboxylic acids is 1. The number of aliphatic hydroxyl groups excluding tert-OH is 3. The van der Waals surface area contributed by atoms with Crippen LogP contribution < -0.4 is 5.32 Å². The summed E-state index contributed by atoms with van der Waals surface area (Å²) >= 11 is 0. The number of aliphatic hydroxyl groups is 3. The van der Waals surface area contributed by atoms with Gasteiger partial charge in [-0.2, -0.15) is 0 Å². The lowest BCUT2D eigenvalue weighted by Gasteiger charge is -2.20. The Hall–Kier alpha value is -1.26. The molecule has 0 saturated heterocycles. The van der Waals surface area contributed by atoms with Gasteiger partial charge in [-0.1, -0.05) is 0 Å². The van der Waals surface area contributed by atoms with Crippen LogP contribution in [0.15, 0.2) is 0 Å². The van der Waals surface area contributed by atoms with Crippen LogP contribution in [0.4, 0.5) is 0 Å². The van der Waals surface area contributed by atoms with Crippen LogP contribution in [0.2, 0.25) is 0 Å². The smallest absolute Gasteiger partial charge is 0.323 e. The second kappa shape index (κ2) is 12.5. The Kier molecular flexibility index (Phi) is 11.7. The van der Waals surface area contributed by atoms with E-state index in [4.69, 9.17) is 25.2 Å². The molecule has 124 valence electrons. The summed E-state index contributed by atoms with van der Waals surface area (Å²) in [5, 5.41) is 37.8. The summed E-state index contributed by atoms with van der Waals surface area (Å²) in [6.45, 7) is -0.235. The molecule has 0 aliphatic carbocycles. The van der Waals surface area contributed by atoms with Gasteiger partial charge in [-0.05, 0) is 6.42 Å². The van der Waals surface area contributed by atoms with Gasteiger partial charge in [0.2, 0.25) is 0 Å². The molecule has 0 amide bonds. The second-order valence-electron chi connectivity index (χ2n) is 4.30. The molecule has 0 radical (unpaired) electrons. The Morgan fingerprint density at radius 1 is 1.10 bits per heavy atom. The zero-order valence-corrected chi connectivity index (χ0v) is 11.9. The van der Waals surface area contributed by atoms with Gasteiger partial charge < -0.3 is 30.5 Å². The van der Waals surface area contributed by atoms with E-state index in [0.29, 0.717) is 0 Å². The highest BCUT2D eigenvalue weighted by atomic mass is 16.5. The maximum atomic E-state index is 11.7. The maximum Gasteiger partial charge on any atom is 0.323 e. The van der Waals surface area contributed by atoms with E-state index < -0.39 is 18.0 Å². The van der Waals surface area contributed by atoms with E-state index >= 15 is 0 Å². The number of hydrogen-bond acceptors (Lipinski definition) is 8. The number of carboxylic acid groups (broad SMARTS) is 1. The fraction of sp³-hybridized carbons (Fsp3) is 0.833. The quantitative estimate of drug-likeness (QED) is 0.229. The third kappa shape index (κ3) is 10.2. The molecule has 1 atom stereocenters. The number of hydrogen-bond donors (Lipinski definition) is 5. The van der Waals surface area contributed by atoms with Crippen molar-refractivity contribution in [3.05, 3.63) is 0 Å². The average molecular weight is 308 g/mol. The van der Waals surface area contributed by atoms with Gasteiger partial charge in [0.1, 0.15) is 12.6 Å². The van der Waals surface area contributed by atoms with Crippen molar-refractivity contribution >= 4 is 11.9 Å². The van der Waals surface area contributed by atoms with Crippen LogP contribution in [0, 0.1) is 0 Å². The first-order valence-electron chi connectivity index (χ1n) is 6.71. The molecular formula is C12H24N2O7. The topological polar surface area (TPSA) is 140 Å². The SMILES string of the molecule is O=C(O)CN(CCO)CCOC(=O)C(CCO)NCCO. The summed E-state index contributed by atoms with van der Waals surface area (Å²) in [4.78, 5) is 23.8. The average Bonchev–Trinajstić information content (AvgIpc) is 2.42. The minimum Gasteiger partial charge on any atom is -0.480 e. The van der Waals surface area contributed by atoms with Gasteiger partial charge >= 0.3 is 11.9 Å². The summed E-state index contributed by atoms with van der Waals surface area (Å²) in [6, 6.07) is -0.715. The minimum atomic E-state index is -1.03. The number of carboxylic acids is 1. The van der Waals surface area contributed by atoms with Crippen molar-refractivity contribution in [1.29, 1.82) is 0 Å². The van der Waals surface area contributed by atoms with Crippen molar-refractivity contribution in [2.75, 3.05) is 52.6 Å². The molecule has 1 unspecified atom stereocenters. The standard InChI is InChI=1S/C12H24N2O7/c15-5-1-10(13-2-6-16)12(20)21-8-4-14(3-7-17)9-11(18)19/h10,13,15-17H,1-9H2,(H,18,19). The summed E-state index contributed by atoms with van der Waals surface area (Å²) in [6.07, 6.45) is 0.161. The van der Waals surface area contributed by atoms with E-state index in [1.807, 2.05) is 0 Å². The Balaban J connectivity index is 4.14. The van der Waals surface area contributed by atoms with Gasteiger partial charge in [-0.15, -0.1) is 0 Å². The molecule has 0 heterocycles. The van der Waals surface area contributed by atoms with E-state index in [-0.39, 0.29) is 59.0 Å². The summed E-state index contributed by atoms with van der Waals surface area (Å²) < 4.78 is 5.00. The number of rotatable bonds is 13. The number of nitrogens with one attached hydrogen (secondary N) is 1. The largest absolute Gasteiger partial charge is 0.480 e. The van der Waals surface area contributed by atoms with Crippen molar-refractivity contribution in [3.8, 4) is 0 Å². The summed E-state index contributed by atoms with van der Waals surface area (Å²) in [5.74, 6) is -1.60. The monoisotopic (exact) mass is 308 g/mol. The highest BCUT2D eigenvalue weighted by Gasteiger charge is 2.19. The van der Waals surface area contributed by atoms with E-state index in [0.717, 1.165) is 0 Å². The third-order valence-electron chi connectivity index (χ3n) is 2.63. The normalized spacial score (nSPS) is 12.4. The maximum absolute atomic E-state index is 11.7. The molecular weight excluding hydrogens is 284 g/mol. The number of carbonyl (C=O) groups is 2. The van der Waals surface area contributed by atoms with E-state index in [9.17, 15) is 9.59 Å². The minimum absolute atomic E-state index is 0.0190. The summed E-state index contributed by atoms with van der Waals surface area (Å²) in [5.41, 5.74) is 0. The lowest BCUT2D eigenvalue weighted by Crippen LogP contribution is -2.41. The molecule has 0 spiro atoms. The van der Waals surface area contributed by atoms with Crippen LogP contribution >= 0.6 is 0 Å². The number of nitrogens with zero attached hydrogens (tertiary/aromatic N) is 1. The van der Waals surface area contributed by atoms with Gasteiger partial charge in [0.05, 0.1) is 19.8 Å². The van der Waals surface area contributed by atoms with E-state index in [1.165, 1.54) is 4.90 Å². The first-order chi connectivity index (χ1) is 10.0. The Labute approximate surface area is 123 Å². The van der Waals surface area contributed by atoms with Crippen molar-refractivity contribution < 1.29 is 34.8 Å². The molecule has 0 aromatic carbocycles. The highest BCUT2D eigenvalue weighted by molar-refractivity contribution is 5.75. The van der Waals surface area contributed by atoms with Crippen LogP contribution in [0.25, 0.3) is 0 Å². The Morgan fingerprint density at radius 3 is 2.33 bits per heavy atom. The predicted octanol–water partition coefficient (Wildman–Crippen LogP) is -2.76. The van der Waals surface area contributed by atoms with Crippen molar-refractivity contribution in [2.45, 2.75) is 12.5 Å². The molecule has 0 fully saturated rings. The van der Waals surface area contributed by atoms with Gasteiger partial charge in [0.25, 0.3) is 0 Å². The molecule has 0 aromatic heterocycles. The third-order valence-corrected chi connectivity index (χ3v) is 2.63. The van der Waals surface area contributed by atoms with Crippen LogP contribution in [-0.2, 0) is 14.3 Å². The van der Waals surface area contributed by atoms with Crippen LogP contribution in [0.5, 0.6) is 0 Å². The molecule has 5 N–H and O–H groups in total. The second-order valence-corrected chi connectivity index (χ2v) is 4.30. The first kappa shape index (κ1) is 19.7. The van der Waals surface area contributed by atoms with Crippen molar-refractivity contribution in [2.24, 2.45) is 0 Å². The van der Waals surface area contributed by atoms with Gasteiger partial charge in [-0.3, -0.25) is 14.5 Å². The fourth-order valence-corrected chi connectivity index (χ4v) is 1.65. The van der Waals surface area contributed by atoms with Crippen molar-refractivity contribution in [3.63, 3.8) is 0 Å². The Morgan fingerprint density at radius 2 is 1.81 bits per heavy atom. The van der Waals surface area contributed by atoms with Gasteiger partial charge in [-0.25, -0.2) is 0 Å². The van der Waals surface area contributed by atoms with Gasteiger partial charge in [0.15, 0.2) is 0 Å². The molecule has 0 aliphatic heterocycles.